The van der Waals surface area contributed by atoms with Gasteiger partial charge >= 0.3 is 0 Å². The highest BCUT2D eigenvalue weighted by Crippen LogP contribution is 2.04. The number of aliphatic imine (C=N–C) groups is 1. The number of aryl methyl sites for hydroxylation is 2. The largest absolute Gasteiger partial charge is 0.356 e. The molecule has 0 radical (unpaired) electrons. The SMILES string of the molecule is CN=C(NCCCCC(C)C)NCCCn1cc(C)cn1. The number of hydrogen-bond donors (Lipinski definition) is 2. The smallest absolute Gasteiger partial charge is 0.190 e. The molecule has 5 heteroatoms. The predicted molar refractivity (Wildman–Crippen MR) is 89.6 cm³/mol. The van der Waals surface area contributed by atoms with E-state index < -0.39 is 0 Å². The van der Waals surface area contributed by atoms with Crippen LogP contribution in [0.4, 0.5) is 0 Å². The number of aromatic nitrogens is 2. The van der Waals surface area contributed by atoms with E-state index in [1.807, 2.05) is 17.9 Å². The van der Waals surface area contributed by atoms with Crippen LogP contribution in [0.3, 0.4) is 0 Å². The number of nitrogens with one attached hydrogen (secondary N) is 2. The highest BCUT2D eigenvalue weighted by molar-refractivity contribution is 5.79. The van der Waals surface area contributed by atoms with E-state index >= 15 is 0 Å². The molecule has 0 atom stereocenters. The number of hydrogen-bond acceptors (Lipinski definition) is 2. The number of nitrogens with zero attached hydrogens (tertiary/aromatic N) is 3. The van der Waals surface area contributed by atoms with Crippen LogP contribution in [0.2, 0.25) is 0 Å². The van der Waals surface area contributed by atoms with Crippen molar-refractivity contribution in [3.63, 3.8) is 0 Å². The van der Waals surface area contributed by atoms with Gasteiger partial charge < -0.3 is 10.6 Å². The molecule has 0 spiro atoms. The van der Waals surface area contributed by atoms with Crippen LogP contribution in [0.25, 0.3) is 0 Å². The lowest BCUT2D eigenvalue weighted by atomic mass is 10.1. The third-order valence-corrected chi connectivity index (χ3v) is 3.34. The Hall–Kier alpha value is -1.52. The molecular weight excluding hydrogens is 262 g/mol. The molecule has 120 valence electrons. The van der Waals surface area contributed by atoms with Gasteiger partial charge in [0.2, 0.25) is 0 Å². The maximum atomic E-state index is 4.28. The van der Waals surface area contributed by atoms with Gasteiger partial charge in [-0.25, -0.2) is 0 Å². The van der Waals surface area contributed by atoms with Crippen molar-refractivity contribution in [2.24, 2.45) is 10.9 Å². The summed E-state index contributed by atoms with van der Waals surface area (Å²) in [5, 5.41) is 11.0. The third-order valence-electron chi connectivity index (χ3n) is 3.34. The van der Waals surface area contributed by atoms with E-state index in [0.29, 0.717) is 0 Å². The Bertz CT molecular complexity index is 409. The van der Waals surface area contributed by atoms with Crippen LogP contribution >= 0.6 is 0 Å². The second-order valence-electron chi connectivity index (χ2n) is 5.95. The van der Waals surface area contributed by atoms with E-state index in [-0.39, 0.29) is 0 Å². The molecule has 0 bridgehead atoms. The van der Waals surface area contributed by atoms with Gasteiger partial charge in [-0.1, -0.05) is 26.7 Å². The molecule has 0 aliphatic carbocycles. The van der Waals surface area contributed by atoms with E-state index in [4.69, 9.17) is 0 Å². The highest BCUT2D eigenvalue weighted by Gasteiger charge is 1.99. The van der Waals surface area contributed by atoms with Crippen LogP contribution in [0.5, 0.6) is 0 Å². The van der Waals surface area contributed by atoms with E-state index in [0.717, 1.165) is 37.9 Å². The first-order chi connectivity index (χ1) is 10.1. The number of guanidine groups is 1. The summed E-state index contributed by atoms with van der Waals surface area (Å²) in [5.41, 5.74) is 1.21. The van der Waals surface area contributed by atoms with Gasteiger partial charge in [0.25, 0.3) is 0 Å². The molecule has 0 saturated heterocycles. The van der Waals surface area contributed by atoms with Gasteiger partial charge in [-0.05, 0) is 31.2 Å². The second-order valence-corrected chi connectivity index (χ2v) is 5.95. The molecule has 21 heavy (non-hydrogen) atoms. The molecule has 2 N–H and O–H groups in total. The van der Waals surface area contributed by atoms with Crippen LogP contribution in [0, 0.1) is 12.8 Å². The first-order valence-corrected chi connectivity index (χ1v) is 8.05. The third kappa shape index (κ3) is 8.38. The van der Waals surface area contributed by atoms with Crippen molar-refractivity contribution in [1.29, 1.82) is 0 Å². The van der Waals surface area contributed by atoms with Crippen LogP contribution in [0.15, 0.2) is 17.4 Å². The van der Waals surface area contributed by atoms with E-state index in [1.54, 1.807) is 0 Å². The summed E-state index contributed by atoms with van der Waals surface area (Å²) >= 11 is 0. The predicted octanol–water partition coefficient (Wildman–Crippen LogP) is 2.57. The monoisotopic (exact) mass is 293 g/mol. The summed E-state index contributed by atoms with van der Waals surface area (Å²) in [6, 6.07) is 0. The summed E-state index contributed by atoms with van der Waals surface area (Å²) in [6.07, 6.45) is 8.78. The molecule has 1 aromatic rings. The fourth-order valence-corrected chi connectivity index (χ4v) is 2.14. The Labute approximate surface area is 129 Å². The van der Waals surface area contributed by atoms with Crippen LogP contribution in [0.1, 0.15) is 45.1 Å². The average molecular weight is 293 g/mol. The molecule has 5 nitrogen and oxygen atoms in total. The maximum absolute atomic E-state index is 4.28. The topological polar surface area (TPSA) is 54.2 Å². The molecule has 1 rings (SSSR count). The molecule has 0 saturated carbocycles. The molecule has 0 aromatic carbocycles. The Kier molecular flexibility index (Phi) is 8.55. The van der Waals surface area contributed by atoms with Gasteiger partial charge in [0, 0.05) is 32.9 Å². The minimum atomic E-state index is 0.799. The fourth-order valence-electron chi connectivity index (χ4n) is 2.14. The zero-order chi connectivity index (χ0) is 15.5. The molecular formula is C16H31N5. The Morgan fingerprint density at radius 2 is 1.95 bits per heavy atom. The first kappa shape index (κ1) is 17.5. The molecule has 0 unspecified atom stereocenters. The van der Waals surface area contributed by atoms with E-state index in [1.165, 1.54) is 24.8 Å². The first-order valence-electron chi connectivity index (χ1n) is 8.05. The molecule has 0 aliphatic rings. The van der Waals surface area contributed by atoms with E-state index in [2.05, 4.69) is 47.7 Å². The summed E-state index contributed by atoms with van der Waals surface area (Å²) in [5.74, 6) is 1.70. The fraction of sp³-hybridized carbons (Fsp3) is 0.750. The van der Waals surface area contributed by atoms with Crippen molar-refractivity contribution in [3.8, 4) is 0 Å². The van der Waals surface area contributed by atoms with Crippen molar-refractivity contribution in [1.82, 2.24) is 20.4 Å². The molecule has 1 heterocycles. The zero-order valence-corrected chi connectivity index (χ0v) is 14.0. The van der Waals surface area contributed by atoms with Crippen LogP contribution < -0.4 is 10.6 Å². The summed E-state index contributed by atoms with van der Waals surface area (Å²) in [6.45, 7) is 9.44. The Morgan fingerprint density at radius 3 is 2.52 bits per heavy atom. The molecule has 0 aliphatic heterocycles. The van der Waals surface area contributed by atoms with Crippen LogP contribution in [-0.4, -0.2) is 35.9 Å². The molecule has 0 amide bonds. The highest BCUT2D eigenvalue weighted by atomic mass is 15.3. The summed E-state index contributed by atoms with van der Waals surface area (Å²) in [4.78, 5) is 4.24. The van der Waals surface area contributed by atoms with Gasteiger partial charge in [0.05, 0.1) is 6.20 Å². The van der Waals surface area contributed by atoms with Gasteiger partial charge in [-0.15, -0.1) is 0 Å². The van der Waals surface area contributed by atoms with Crippen molar-refractivity contribution in [3.05, 3.63) is 18.0 Å². The standard InChI is InChI=1S/C16H31N5/c1-14(2)8-5-6-9-18-16(17-4)19-10-7-11-21-13-15(3)12-20-21/h12-14H,5-11H2,1-4H3,(H2,17,18,19). The minimum Gasteiger partial charge on any atom is -0.356 e. The lowest BCUT2D eigenvalue weighted by molar-refractivity contribution is 0.533. The van der Waals surface area contributed by atoms with Crippen molar-refractivity contribution in [2.45, 2.75) is 53.0 Å². The Balaban J connectivity index is 2.06. The van der Waals surface area contributed by atoms with Crippen molar-refractivity contribution >= 4 is 5.96 Å². The summed E-state index contributed by atoms with van der Waals surface area (Å²) < 4.78 is 1.99. The van der Waals surface area contributed by atoms with Gasteiger partial charge in [0.15, 0.2) is 5.96 Å². The summed E-state index contributed by atoms with van der Waals surface area (Å²) in [7, 11) is 1.82. The van der Waals surface area contributed by atoms with Crippen molar-refractivity contribution < 1.29 is 0 Å². The van der Waals surface area contributed by atoms with Gasteiger partial charge in [-0.3, -0.25) is 9.67 Å². The maximum Gasteiger partial charge on any atom is 0.190 e. The minimum absolute atomic E-state index is 0.799. The average Bonchev–Trinajstić information content (AvgIpc) is 2.86. The molecule has 1 aromatic heterocycles. The Morgan fingerprint density at radius 1 is 1.24 bits per heavy atom. The lowest BCUT2D eigenvalue weighted by Gasteiger charge is -2.12. The number of unbranched alkanes of at least 4 members (excludes halogenated alkanes) is 1. The quantitative estimate of drug-likeness (QED) is 0.418. The zero-order valence-electron chi connectivity index (χ0n) is 14.0. The van der Waals surface area contributed by atoms with E-state index in [9.17, 15) is 0 Å². The normalized spacial score (nSPS) is 12.0. The van der Waals surface area contributed by atoms with Crippen LogP contribution in [-0.2, 0) is 6.54 Å². The van der Waals surface area contributed by atoms with Gasteiger partial charge in [-0.2, -0.15) is 5.10 Å². The lowest BCUT2D eigenvalue weighted by Crippen LogP contribution is -2.38. The van der Waals surface area contributed by atoms with Crippen molar-refractivity contribution in [2.75, 3.05) is 20.1 Å². The second kappa shape index (κ2) is 10.2. The molecule has 0 fully saturated rings. The van der Waals surface area contributed by atoms with Gasteiger partial charge in [0.1, 0.15) is 0 Å². The number of rotatable bonds is 9.